The summed E-state index contributed by atoms with van der Waals surface area (Å²) in [5, 5.41) is 9.06. The molecule has 2 aliphatic carbocycles. The van der Waals surface area contributed by atoms with Crippen molar-refractivity contribution in [2.45, 2.75) is 117 Å². The maximum atomic E-state index is 12.8. The number of hydrogen-bond acceptors (Lipinski definition) is 4. The summed E-state index contributed by atoms with van der Waals surface area (Å²) in [6, 6.07) is 2.22. The summed E-state index contributed by atoms with van der Waals surface area (Å²) in [5.74, 6) is 3.87. The van der Waals surface area contributed by atoms with Gasteiger partial charge >= 0.3 is 5.97 Å². The van der Waals surface area contributed by atoms with Crippen molar-refractivity contribution in [3.63, 3.8) is 0 Å². The Balaban J connectivity index is 1.71. The van der Waals surface area contributed by atoms with E-state index in [1.54, 1.807) is 7.11 Å². The first-order chi connectivity index (χ1) is 15.1. The maximum Gasteiger partial charge on any atom is 0.306 e. The van der Waals surface area contributed by atoms with Crippen LogP contribution in [-0.2, 0) is 14.3 Å². The molecule has 3 aliphatic rings. The van der Waals surface area contributed by atoms with Crippen LogP contribution in [0.2, 0.25) is 0 Å². The lowest BCUT2D eigenvalue weighted by Crippen LogP contribution is -2.55. The van der Waals surface area contributed by atoms with Crippen molar-refractivity contribution in [3.05, 3.63) is 0 Å². The van der Waals surface area contributed by atoms with Crippen molar-refractivity contribution in [3.8, 4) is 6.07 Å². The van der Waals surface area contributed by atoms with Crippen molar-refractivity contribution in [2.75, 3.05) is 7.11 Å². The van der Waals surface area contributed by atoms with Gasteiger partial charge in [0.25, 0.3) is 0 Å². The van der Waals surface area contributed by atoms with E-state index >= 15 is 0 Å². The van der Waals surface area contributed by atoms with Crippen molar-refractivity contribution in [1.82, 2.24) is 0 Å². The smallest absolute Gasteiger partial charge is 0.306 e. The Morgan fingerprint density at radius 1 is 1.12 bits per heavy atom. The Labute approximate surface area is 196 Å². The number of ether oxygens (including phenoxy) is 2. The molecule has 8 atom stereocenters. The van der Waals surface area contributed by atoms with Crippen LogP contribution < -0.4 is 0 Å². The minimum atomic E-state index is -0.422. The second kappa shape index (κ2) is 10.5. The van der Waals surface area contributed by atoms with E-state index in [9.17, 15) is 4.79 Å². The Bertz CT molecular complexity index is 685. The number of hydrogen-bond donors (Lipinski definition) is 0. The number of nitriles is 1. The molecule has 0 amide bonds. The molecule has 0 aromatic carbocycles. The van der Waals surface area contributed by atoms with Gasteiger partial charge < -0.3 is 9.47 Å². The third kappa shape index (κ3) is 5.19. The monoisotopic (exact) mass is 445 g/mol. The van der Waals surface area contributed by atoms with Gasteiger partial charge in [-0.05, 0) is 80.5 Å². The van der Waals surface area contributed by atoms with Gasteiger partial charge in [0.05, 0.1) is 18.6 Å². The highest BCUT2D eigenvalue weighted by Gasteiger charge is 2.60. The van der Waals surface area contributed by atoms with Gasteiger partial charge in [-0.25, -0.2) is 0 Å². The Morgan fingerprint density at radius 2 is 1.88 bits per heavy atom. The van der Waals surface area contributed by atoms with Crippen molar-refractivity contribution >= 4 is 5.97 Å². The average molecular weight is 446 g/mol. The van der Waals surface area contributed by atoms with Crippen LogP contribution in [0.3, 0.4) is 0 Å². The largest absolute Gasteiger partial charge is 0.459 e. The molecule has 1 heterocycles. The third-order valence-corrected chi connectivity index (χ3v) is 9.79. The Hall–Kier alpha value is -1.08. The topological polar surface area (TPSA) is 59.3 Å². The third-order valence-electron chi connectivity index (χ3n) is 9.79. The average Bonchev–Trinajstić information content (AvgIpc) is 3.08. The van der Waals surface area contributed by atoms with E-state index in [1.807, 2.05) is 0 Å². The highest BCUT2D eigenvalue weighted by Crippen LogP contribution is 2.64. The summed E-state index contributed by atoms with van der Waals surface area (Å²) in [5.41, 5.74) is -0.0542. The number of nitrogens with zero attached hydrogens (tertiary/aromatic N) is 1. The lowest BCUT2D eigenvalue weighted by Gasteiger charge is -2.56. The Kier molecular flexibility index (Phi) is 8.35. The molecule has 4 heteroatoms. The van der Waals surface area contributed by atoms with E-state index in [0.717, 1.165) is 37.0 Å². The molecule has 0 aromatic rings. The van der Waals surface area contributed by atoms with E-state index in [4.69, 9.17) is 14.7 Å². The van der Waals surface area contributed by atoms with Crippen molar-refractivity contribution < 1.29 is 14.3 Å². The van der Waals surface area contributed by atoms with Gasteiger partial charge in [0.1, 0.15) is 5.60 Å². The van der Waals surface area contributed by atoms with Crippen LogP contribution in [0.4, 0.5) is 0 Å². The standard InChI is InChI=1S/C28H47NO3/c1-19(2)8-7-9-20(3)23-10-11-24-22-18-26(30)32-28(5,16-12-21(31-6)14-17-29)25(22)13-15-27(23,24)4/h19-25H,7-16,18H2,1-6H3/t20-,21?,22+,23-,24+,25+,27-,28-/m1/s1. The molecule has 0 radical (unpaired) electrons. The first-order valence-electron chi connectivity index (χ1n) is 13.3. The molecule has 0 aromatic heterocycles. The molecule has 182 valence electrons. The van der Waals surface area contributed by atoms with Gasteiger partial charge in [0, 0.05) is 19.4 Å². The Morgan fingerprint density at radius 3 is 2.53 bits per heavy atom. The van der Waals surface area contributed by atoms with Gasteiger partial charge in [-0.1, -0.05) is 47.0 Å². The normalized spacial score (nSPS) is 38.5. The molecule has 1 aliphatic heterocycles. The summed E-state index contributed by atoms with van der Waals surface area (Å²) >= 11 is 0. The van der Waals surface area contributed by atoms with Crippen molar-refractivity contribution in [2.24, 2.45) is 40.9 Å². The van der Waals surface area contributed by atoms with Crippen LogP contribution in [0.15, 0.2) is 0 Å². The van der Waals surface area contributed by atoms with Gasteiger partial charge in [-0.15, -0.1) is 0 Å². The fraction of sp³-hybridized carbons (Fsp3) is 0.929. The zero-order valence-corrected chi connectivity index (χ0v) is 21.5. The zero-order valence-electron chi connectivity index (χ0n) is 21.5. The number of esters is 1. The van der Waals surface area contributed by atoms with E-state index in [2.05, 4.69) is 40.7 Å². The molecule has 4 nitrogen and oxygen atoms in total. The SMILES string of the molecule is COC(CC#N)CC[C@@]1(C)OC(=O)C[C@H]2[C@@H]3CC[C@H]([C@H](C)CCCC(C)C)[C@@]3(C)CC[C@@H]21. The van der Waals surface area contributed by atoms with Crippen LogP contribution in [0.25, 0.3) is 0 Å². The zero-order chi connectivity index (χ0) is 23.5. The van der Waals surface area contributed by atoms with E-state index in [1.165, 1.54) is 38.5 Å². The molecule has 0 bridgehead atoms. The fourth-order valence-corrected chi connectivity index (χ4v) is 8.01. The second-order valence-electron chi connectivity index (χ2n) is 12.2. The summed E-state index contributed by atoms with van der Waals surface area (Å²) in [7, 11) is 1.67. The number of cyclic esters (lactones) is 1. The van der Waals surface area contributed by atoms with Gasteiger partial charge in [-0.3, -0.25) is 4.79 Å². The number of carbonyl (C=O) groups is 1. The molecule has 3 fully saturated rings. The van der Waals surface area contributed by atoms with Crippen LogP contribution in [0.1, 0.15) is 105 Å². The molecule has 2 saturated carbocycles. The minimum Gasteiger partial charge on any atom is -0.459 e. The first kappa shape index (κ1) is 25.5. The summed E-state index contributed by atoms with van der Waals surface area (Å²) in [4.78, 5) is 12.8. The first-order valence-corrected chi connectivity index (χ1v) is 13.3. The van der Waals surface area contributed by atoms with Crippen LogP contribution >= 0.6 is 0 Å². The maximum absolute atomic E-state index is 12.8. The van der Waals surface area contributed by atoms with Gasteiger partial charge in [0.2, 0.25) is 0 Å². The molecule has 32 heavy (non-hydrogen) atoms. The second-order valence-corrected chi connectivity index (χ2v) is 12.2. The lowest BCUT2D eigenvalue weighted by molar-refractivity contribution is -0.197. The highest BCUT2D eigenvalue weighted by molar-refractivity contribution is 5.71. The van der Waals surface area contributed by atoms with Crippen molar-refractivity contribution in [1.29, 1.82) is 5.26 Å². The summed E-state index contributed by atoms with van der Waals surface area (Å²) in [6.07, 6.45) is 11.5. The number of rotatable bonds is 10. The highest BCUT2D eigenvalue weighted by atomic mass is 16.6. The van der Waals surface area contributed by atoms with E-state index < -0.39 is 5.60 Å². The number of carbonyl (C=O) groups excluding carboxylic acids is 1. The quantitative estimate of drug-likeness (QED) is 0.342. The van der Waals surface area contributed by atoms with Gasteiger partial charge in [-0.2, -0.15) is 5.26 Å². The fourth-order valence-electron chi connectivity index (χ4n) is 8.01. The predicted octanol–water partition coefficient (Wildman–Crippen LogP) is 6.92. The molecular formula is C28H47NO3. The summed E-state index contributed by atoms with van der Waals surface area (Å²) in [6.45, 7) is 11.9. The van der Waals surface area contributed by atoms with E-state index in [0.29, 0.717) is 36.0 Å². The van der Waals surface area contributed by atoms with Gasteiger partial charge in [0.15, 0.2) is 0 Å². The number of methoxy groups -OCH3 is 1. The van der Waals surface area contributed by atoms with E-state index in [-0.39, 0.29) is 12.1 Å². The van der Waals surface area contributed by atoms with Crippen LogP contribution in [-0.4, -0.2) is 24.8 Å². The van der Waals surface area contributed by atoms with Crippen LogP contribution in [0.5, 0.6) is 0 Å². The lowest BCUT2D eigenvalue weighted by atomic mass is 9.52. The predicted molar refractivity (Wildman–Crippen MR) is 128 cm³/mol. The molecule has 1 unspecified atom stereocenters. The molecule has 1 saturated heterocycles. The molecule has 3 rings (SSSR count). The minimum absolute atomic E-state index is 0.0133. The molecule has 0 N–H and O–H groups in total. The summed E-state index contributed by atoms with van der Waals surface area (Å²) < 4.78 is 11.6. The molecule has 0 spiro atoms. The molecular weight excluding hydrogens is 398 g/mol. The van der Waals surface area contributed by atoms with Crippen LogP contribution in [0, 0.1) is 52.3 Å². The number of fused-ring (bicyclic) bond motifs is 3.